The molecule has 13 heavy (non-hydrogen) atoms. The molecule has 0 fully saturated rings. The molecule has 0 atom stereocenters. The van der Waals surface area contributed by atoms with Gasteiger partial charge in [0.2, 0.25) is 0 Å². The summed E-state index contributed by atoms with van der Waals surface area (Å²) in [4.78, 5) is 0. The van der Waals surface area contributed by atoms with Crippen molar-refractivity contribution >= 4 is 19.2 Å². The third kappa shape index (κ3) is 1.33. The second-order valence-electron chi connectivity index (χ2n) is 4.16. The normalized spacial score (nSPS) is 22.2. The van der Waals surface area contributed by atoms with Gasteiger partial charge in [-0.1, -0.05) is 24.6 Å². The topological polar surface area (TPSA) is 0 Å². The number of halogens is 1. The minimum atomic E-state index is -0.817. The zero-order valence-electron chi connectivity index (χ0n) is 9.38. The number of rotatable bonds is 1. The highest BCUT2D eigenvalue weighted by Crippen LogP contribution is 2.54. The van der Waals surface area contributed by atoms with Gasteiger partial charge in [-0.25, -0.2) is 0 Å². The second kappa shape index (κ2) is 3.29. The monoisotopic (exact) mass is 213 g/mol. The molecule has 0 spiro atoms. The highest BCUT2D eigenvalue weighted by molar-refractivity contribution is 7.08. The Balaban J connectivity index is 3.31. The van der Waals surface area contributed by atoms with E-state index in [1.165, 1.54) is 22.3 Å². The van der Waals surface area contributed by atoms with Crippen LogP contribution >= 0.6 is 11.1 Å². The molecule has 0 unspecified atom stereocenters. The van der Waals surface area contributed by atoms with Crippen molar-refractivity contribution in [2.45, 2.75) is 46.2 Å². The molecule has 0 saturated carbocycles. The quantitative estimate of drug-likeness (QED) is 0.450. The van der Waals surface area contributed by atoms with E-state index >= 15 is 0 Å². The summed E-state index contributed by atoms with van der Waals surface area (Å²) in [5, 5.41) is 0.181. The van der Waals surface area contributed by atoms with E-state index in [9.17, 15) is 0 Å². The van der Waals surface area contributed by atoms with Crippen LogP contribution in [0.1, 0.15) is 34.6 Å². The minimum absolute atomic E-state index is 0.181. The molecule has 2 heteroatoms. The Morgan fingerprint density at radius 3 is 1.46 bits per heavy atom. The van der Waals surface area contributed by atoms with Crippen molar-refractivity contribution < 1.29 is 0 Å². The Bertz CT molecular complexity index is 273. The summed E-state index contributed by atoms with van der Waals surface area (Å²) < 4.78 is 0. The molecule has 1 rings (SSSR count). The van der Waals surface area contributed by atoms with E-state index in [1.807, 2.05) is 0 Å². The molecule has 0 N–H and O–H groups in total. The first-order chi connectivity index (χ1) is 5.83. The summed E-state index contributed by atoms with van der Waals surface area (Å²) in [6.07, 6.45) is 0. The van der Waals surface area contributed by atoms with Crippen LogP contribution in [0, 0.1) is 0 Å². The molecule has 73 valence electrons. The van der Waals surface area contributed by atoms with Gasteiger partial charge in [0.05, 0.1) is 0 Å². The van der Waals surface area contributed by atoms with E-state index in [1.54, 1.807) is 0 Å². The molecule has 0 saturated heterocycles. The van der Waals surface area contributed by atoms with Crippen LogP contribution in [-0.2, 0) is 0 Å². The van der Waals surface area contributed by atoms with Gasteiger partial charge in [0.1, 0.15) is 0 Å². The summed E-state index contributed by atoms with van der Waals surface area (Å²) in [5.74, 6) is 0. The van der Waals surface area contributed by atoms with Gasteiger partial charge in [0.25, 0.3) is 0 Å². The van der Waals surface area contributed by atoms with Crippen molar-refractivity contribution in [3.8, 4) is 0 Å². The molecule has 1 aliphatic rings. The van der Waals surface area contributed by atoms with Crippen LogP contribution in [0.3, 0.4) is 0 Å². The molecule has 1 aliphatic carbocycles. The molecular formula is C11H18ClSi. The van der Waals surface area contributed by atoms with Crippen molar-refractivity contribution in [2.24, 2.45) is 0 Å². The van der Waals surface area contributed by atoms with Crippen LogP contribution in [-0.4, -0.2) is 8.11 Å². The maximum Gasteiger partial charge on any atom is 0.176 e. The van der Waals surface area contributed by atoms with Gasteiger partial charge < -0.3 is 0 Å². The third-order valence-electron chi connectivity index (χ3n) is 3.88. The number of allylic oxidation sites excluding steroid dienone is 4. The lowest BCUT2D eigenvalue weighted by Gasteiger charge is -2.30. The molecule has 0 aromatic heterocycles. The van der Waals surface area contributed by atoms with Gasteiger partial charge in [-0.15, -0.1) is 0 Å². The fraction of sp³-hybridized carbons (Fsp3) is 0.636. The van der Waals surface area contributed by atoms with Crippen molar-refractivity contribution in [3.05, 3.63) is 22.3 Å². The highest BCUT2D eigenvalue weighted by Gasteiger charge is 2.41. The first-order valence-corrected chi connectivity index (χ1v) is 7.70. The molecule has 1 radical (unpaired) electrons. The van der Waals surface area contributed by atoms with Crippen molar-refractivity contribution in [2.75, 3.05) is 0 Å². The van der Waals surface area contributed by atoms with E-state index < -0.39 is 8.11 Å². The van der Waals surface area contributed by atoms with Crippen LogP contribution < -0.4 is 0 Å². The fourth-order valence-corrected chi connectivity index (χ4v) is 4.37. The Morgan fingerprint density at radius 2 is 1.31 bits per heavy atom. The lowest BCUT2D eigenvalue weighted by atomic mass is 9.98. The molecule has 0 nitrogen and oxygen atoms in total. The lowest BCUT2D eigenvalue weighted by molar-refractivity contribution is 0.825. The fourth-order valence-electron chi connectivity index (χ4n) is 2.11. The first-order valence-electron chi connectivity index (χ1n) is 4.69. The predicted octanol–water partition coefficient (Wildman–Crippen LogP) is 4.29. The summed E-state index contributed by atoms with van der Waals surface area (Å²) in [5.41, 5.74) is 5.86. The Hall–Kier alpha value is -0.0131. The van der Waals surface area contributed by atoms with Gasteiger partial charge in [-0.05, 0) is 38.8 Å². The molecular weight excluding hydrogens is 196 g/mol. The van der Waals surface area contributed by atoms with Crippen LogP contribution in [0.5, 0.6) is 0 Å². The second-order valence-corrected chi connectivity index (χ2v) is 7.93. The number of hydrogen-bond donors (Lipinski definition) is 0. The summed E-state index contributed by atoms with van der Waals surface area (Å²) in [7, 11) is -0.817. The van der Waals surface area contributed by atoms with Gasteiger partial charge in [0, 0.05) is 5.04 Å². The van der Waals surface area contributed by atoms with Gasteiger partial charge in [-0.3, -0.25) is 0 Å². The van der Waals surface area contributed by atoms with Gasteiger partial charge in [-0.2, -0.15) is 11.1 Å². The van der Waals surface area contributed by atoms with Crippen LogP contribution in [0.2, 0.25) is 11.6 Å². The molecule has 0 heterocycles. The smallest absolute Gasteiger partial charge is 0.168 e. The third-order valence-corrected chi connectivity index (χ3v) is 7.14. The highest BCUT2D eigenvalue weighted by atomic mass is 35.6. The van der Waals surface area contributed by atoms with Crippen molar-refractivity contribution in [1.82, 2.24) is 0 Å². The Morgan fingerprint density at radius 1 is 1.00 bits per heavy atom. The largest absolute Gasteiger partial charge is 0.176 e. The maximum absolute atomic E-state index is 6.38. The van der Waals surface area contributed by atoms with Gasteiger partial charge >= 0.3 is 0 Å². The first kappa shape index (κ1) is 11.1. The van der Waals surface area contributed by atoms with E-state index in [0.717, 1.165) is 0 Å². The zero-order valence-corrected chi connectivity index (χ0v) is 11.1. The Kier molecular flexibility index (Phi) is 2.80. The SMILES string of the molecule is CC1=C(C)C(C)([Si](C)Cl)C(C)=C1C. The molecule has 0 aromatic rings. The van der Waals surface area contributed by atoms with E-state index in [0.29, 0.717) is 0 Å². The summed E-state index contributed by atoms with van der Waals surface area (Å²) in [6.45, 7) is 13.4. The van der Waals surface area contributed by atoms with E-state index in [-0.39, 0.29) is 5.04 Å². The van der Waals surface area contributed by atoms with E-state index in [4.69, 9.17) is 11.1 Å². The molecule has 0 amide bonds. The van der Waals surface area contributed by atoms with Gasteiger partial charge in [0.15, 0.2) is 8.11 Å². The van der Waals surface area contributed by atoms with Crippen LogP contribution in [0.15, 0.2) is 22.3 Å². The summed E-state index contributed by atoms with van der Waals surface area (Å²) in [6, 6.07) is 0. The minimum Gasteiger partial charge on any atom is -0.168 e. The maximum atomic E-state index is 6.38. The lowest BCUT2D eigenvalue weighted by Crippen LogP contribution is -2.23. The Labute approximate surface area is 88.0 Å². The van der Waals surface area contributed by atoms with E-state index in [2.05, 4.69) is 41.2 Å². The number of hydrogen-bond acceptors (Lipinski definition) is 0. The zero-order chi connectivity index (χ0) is 10.4. The van der Waals surface area contributed by atoms with Crippen molar-refractivity contribution in [3.63, 3.8) is 0 Å². The standard InChI is InChI=1S/C11H18ClSi/c1-7-8(2)10(4)11(5,9(7)3)13(6)12/h1-6H3. The predicted molar refractivity (Wildman–Crippen MR) is 62.6 cm³/mol. The van der Waals surface area contributed by atoms with Crippen LogP contribution in [0.4, 0.5) is 0 Å². The molecule has 0 aromatic carbocycles. The average Bonchev–Trinajstić information content (AvgIpc) is 2.22. The van der Waals surface area contributed by atoms with Crippen LogP contribution in [0.25, 0.3) is 0 Å². The van der Waals surface area contributed by atoms with Crippen molar-refractivity contribution in [1.29, 1.82) is 0 Å². The average molecular weight is 214 g/mol. The molecule has 0 aliphatic heterocycles. The summed E-state index contributed by atoms with van der Waals surface area (Å²) >= 11 is 6.38. The molecule has 0 bridgehead atoms.